The van der Waals surface area contributed by atoms with Crippen LogP contribution in [0.3, 0.4) is 0 Å². The molecule has 6 heteroatoms. The second-order valence-corrected chi connectivity index (χ2v) is 4.84. The number of H-pyrrole nitrogens is 1. The molecule has 2 aliphatic rings. The molecule has 1 aromatic rings. The molecule has 2 N–H and O–H groups in total. The van der Waals surface area contributed by atoms with Gasteiger partial charge in [0.05, 0.1) is 6.54 Å². The summed E-state index contributed by atoms with van der Waals surface area (Å²) >= 11 is 0. The Labute approximate surface area is 99.8 Å². The maximum Gasteiger partial charge on any atom is 0.240 e. The van der Waals surface area contributed by atoms with Crippen molar-refractivity contribution in [3.8, 4) is 0 Å². The SMILES string of the molecule is O=C(NCc1ncn[nH]1)C12CCCN1CCC2. The van der Waals surface area contributed by atoms with Crippen molar-refractivity contribution in [2.24, 2.45) is 0 Å². The van der Waals surface area contributed by atoms with E-state index < -0.39 is 0 Å². The van der Waals surface area contributed by atoms with Crippen LogP contribution in [0.1, 0.15) is 31.5 Å². The van der Waals surface area contributed by atoms with Crippen molar-refractivity contribution >= 4 is 5.91 Å². The predicted octanol–water partition coefficient (Wildman–Crippen LogP) is 0.0493. The van der Waals surface area contributed by atoms with Gasteiger partial charge in [-0.15, -0.1) is 0 Å². The molecule has 2 aliphatic heterocycles. The summed E-state index contributed by atoms with van der Waals surface area (Å²) in [7, 11) is 0. The van der Waals surface area contributed by atoms with E-state index >= 15 is 0 Å². The van der Waals surface area contributed by atoms with Crippen molar-refractivity contribution in [1.82, 2.24) is 25.4 Å². The fraction of sp³-hybridized carbons (Fsp3) is 0.727. The molecule has 0 aliphatic carbocycles. The van der Waals surface area contributed by atoms with Crippen LogP contribution < -0.4 is 5.32 Å². The third-order valence-electron chi connectivity index (χ3n) is 3.95. The molecule has 0 bridgehead atoms. The second-order valence-electron chi connectivity index (χ2n) is 4.84. The van der Waals surface area contributed by atoms with Gasteiger partial charge in [0.15, 0.2) is 0 Å². The highest BCUT2D eigenvalue weighted by molar-refractivity contribution is 5.87. The Morgan fingerprint density at radius 3 is 2.88 bits per heavy atom. The van der Waals surface area contributed by atoms with Crippen LogP contribution in [0.5, 0.6) is 0 Å². The summed E-state index contributed by atoms with van der Waals surface area (Å²) in [5.74, 6) is 0.862. The molecule has 17 heavy (non-hydrogen) atoms. The predicted molar refractivity (Wildman–Crippen MR) is 61.0 cm³/mol. The maximum absolute atomic E-state index is 12.3. The summed E-state index contributed by atoms with van der Waals surface area (Å²) in [5, 5.41) is 9.49. The zero-order valence-electron chi connectivity index (χ0n) is 9.78. The third kappa shape index (κ3) is 1.72. The first-order valence-electron chi connectivity index (χ1n) is 6.19. The van der Waals surface area contributed by atoms with E-state index in [2.05, 4.69) is 25.4 Å². The van der Waals surface area contributed by atoms with Gasteiger partial charge in [0.1, 0.15) is 17.7 Å². The molecule has 2 saturated heterocycles. The van der Waals surface area contributed by atoms with Gasteiger partial charge in [0.2, 0.25) is 5.91 Å². The van der Waals surface area contributed by atoms with Gasteiger partial charge >= 0.3 is 0 Å². The minimum atomic E-state index is -0.222. The molecule has 3 rings (SSSR count). The number of fused-ring (bicyclic) bond motifs is 1. The van der Waals surface area contributed by atoms with E-state index in [1.807, 2.05) is 0 Å². The van der Waals surface area contributed by atoms with E-state index in [1.54, 1.807) is 0 Å². The fourth-order valence-electron chi connectivity index (χ4n) is 3.12. The average Bonchev–Trinajstić information content (AvgIpc) is 3.01. The highest BCUT2D eigenvalue weighted by atomic mass is 16.2. The molecular formula is C11H17N5O. The van der Waals surface area contributed by atoms with E-state index in [-0.39, 0.29) is 11.4 Å². The zero-order valence-corrected chi connectivity index (χ0v) is 9.78. The van der Waals surface area contributed by atoms with Gasteiger partial charge in [-0.25, -0.2) is 4.98 Å². The van der Waals surface area contributed by atoms with Crippen molar-refractivity contribution in [3.05, 3.63) is 12.2 Å². The molecular weight excluding hydrogens is 218 g/mol. The van der Waals surface area contributed by atoms with E-state index in [0.29, 0.717) is 12.4 Å². The third-order valence-corrected chi connectivity index (χ3v) is 3.95. The average molecular weight is 235 g/mol. The van der Waals surface area contributed by atoms with Crippen LogP contribution in [0.15, 0.2) is 6.33 Å². The number of nitrogens with one attached hydrogen (secondary N) is 2. The number of hydrogen-bond donors (Lipinski definition) is 2. The van der Waals surface area contributed by atoms with Gasteiger partial charge in [-0.2, -0.15) is 5.10 Å². The van der Waals surface area contributed by atoms with Crippen LogP contribution in [0, 0.1) is 0 Å². The Balaban J connectivity index is 1.65. The molecule has 0 unspecified atom stereocenters. The second kappa shape index (κ2) is 4.10. The van der Waals surface area contributed by atoms with Crippen LogP contribution in [0.4, 0.5) is 0 Å². The molecule has 2 fully saturated rings. The molecule has 0 radical (unpaired) electrons. The van der Waals surface area contributed by atoms with Gasteiger partial charge < -0.3 is 5.32 Å². The standard InChI is InChI=1S/C11H17N5O/c17-10(12-7-9-13-8-14-15-9)11-3-1-5-16(11)6-2-4-11/h8H,1-7H2,(H,12,17)(H,13,14,15). The lowest BCUT2D eigenvalue weighted by Crippen LogP contribution is -2.51. The van der Waals surface area contributed by atoms with Crippen LogP contribution >= 0.6 is 0 Å². The summed E-state index contributed by atoms with van der Waals surface area (Å²) in [4.78, 5) is 18.7. The maximum atomic E-state index is 12.3. The Morgan fingerprint density at radius 2 is 2.24 bits per heavy atom. The molecule has 1 amide bonds. The Kier molecular flexibility index (Phi) is 2.58. The number of aromatic nitrogens is 3. The molecule has 0 aromatic carbocycles. The lowest BCUT2D eigenvalue weighted by atomic mass is 9.93. The van der Waals surface area contributed by atoms with Gasteiger partial charge in [-0.05, 0) is 38.8 Å². The summed E-state index contributed by atoms with van der Waals surface area (Å²) in [6, 6.07) is 0. The van der Waals surface area contributed by atoms with Crippen LogP contribution in [-0.4, -0.2) is 44.6 Å². The number of carbonyl (C=O) groups is 1. The van der Waals surface area contributed by atoms with E-state index in [4.69, 9.17) is 0 Å². The summed E-state index contributed by atoms with van der Waals surface area (Å²) in [6.45, 7) is 2.57. The lowest BCUT2D eigenvalue weighted by molar-refractivity contribution is -0.130. The number of aromatic amines is 1. The minimum absolute atomic E-state index is 0.156. The first-order chi connectivity index (χ1) is 8.31. The van der Waals surface area contributed by atoms with E-state index in [1.165, 1.54) is 6.33 Å². The molecule has 92 valence electrons. The van der Waals surface area contributed by atoms with Crippen LogP contribution in [0.2, 0.25) is 0 Å². The van der Waals surface area contributed by atoms with Crippen molar-refractivity contribution in [1.29, 1.82) is 0 Å². The summed E-state index contributed by atoms with van der Waals surface area (Å²) in [6.07, 6.45) is 5.72. The first kappa shape index (κ1) is 10.7. The Hall–Kier alpha value is -1.43. The number of rotatable bonds is 3. The Bertz CT molecular complexity index is 392. The Morgan fingerprint density at radius 1 is 1.47 bits per heavy atom. The molecule has 0 saturated carbocycles. The number of nitrogens with zero attached hydrogens (tertiary/aromatic N) is 3. The van der Waals surface area contributed by atoms with Gasteiger partial charge in [0.25, 0.3) is 0 Å². The number of carbonyl (C=O) groups excluding carboxylic acids is 1. The highest BCUT2D eigenvalue weighted by Crippen LogP contribution is 2.38. The summed E-state index contributed by atoms with van der Waals surface area (Å²) < 4.78 is 0. The topological polar surface area (TPSA) is 73.9 Å². The lowest BCUT2D eigenvalue weighted by Gasteiger charge is -2.30. The molecule has 0 spiro atoms. The minimum Gasteiger partial charge on any atom is -0.347 e. The quantitative estimate of drug-likeness (QED) is 0.776. The highest BCUT2D eigenvalue weighted by Gasteiger charge is 2.49. The van der Waals surface area contributed by atoms with Crippen molar-refractivity contribution < 1.29 is 4.79 Å². The van der Waals surface area contributed by atoms with Crippen molar-refractivity contribution in [2.75, 3.05) is 13.1 Å². The zero-order chi connectivity index (χ0) is 11.7. The van der Waals surface area contributed by atoms with Gasteiger partial charge in [-0.1, -0.05) is 0 Å². The van der Waals surface area contributed by atoms with E-state index in [9.17, 15) is 4.79 Å². The van der Waals surface area contributed by atoms with E-state index in [0.717, 1.165) is 38.8 Å². The van der Waals surface area contributed by atoms with Crippen LogP contribution in [0.25, 0.3) is 0 Å². The number of hydrogen-bond acceptors (Lipinski definition) is 4. The van der Waals surface area contributed by atoms with Crippen molar-refractivity contribution in [2.45, 2.75) is 37.8 Å². The smallest absolute Gasteiger partial charge is 0.240 e. The molecule has 6 nitrogen and oxygen atoms in total. The largest absolute Gasteiger partial charge is 0.347 e. The van der Waals surface area contributed by atoms with Gasteiger partial charge in [-0.3, -0.25) is 14.8 Å². The molecule has 1 aromatic heterocycles. The number of amides is 1. The first-order valence-corrected chi connectivity index (χ1v) is 6.19. The molecule has 0 atom stereocenters. The normalized spacial score (nSPS) is 22.6. The fourth-order valence-corrected chi connectivity index (χ4v) is 3.12. The monoisotopic (exact) mass is 235 g/mol. The summed E-state index contributed by atoms with van der Waals surface area (Å²) in [5.41, 5.74) is -0.222. The van der Waals surface area contributed by atoms with Crippen molar-refractivity contribution in [3.63, 3.8) is 0 Å². The van der Waals surface area contributed by atoms with Gasteiger partial charge in [0, 0.05) is 0 Å². The molecule has 3 heterocycles. The van der Waals surface area contributed by atoms with Crippen LogP contribution in [-0.2, 0) is 11.3 Å².